The van der Waals surface area contributed by atoms with Crippen molar-refractivity contribution >= 4 is 51.4 Å². The number of methoxy groups -OCH3 is 2. The molecule has 1 amide bonds. The van der Waals surface area contributed by atoms with Gasteiger partial charge in [-0.25, -0.2) is 4.79 Å². The average Bonchev–Trinajstić information content (AvgIpc) is 3.33. The van der Waals surface area contributed by atoms with E-state index in [1.54, 1.807) is 23.1 Å². The van der Waals surface area contributed by atoms with E-state index >= 15 is 0 Å². The molecule has 0 spiro atoms. The molecule has 0 saturated carbocycles. The lowest BCUT2D eigenvalue weighted by Crippen LogP contribution is -2.29. The van der Waals surface area contributed by atoms with E-state index in [1.165, 1.54) is 37.3 Å². The molecule has 11 heteroatoms. The third-order valence-corrected chi connectivity index (χ3v) is 6.33. The number of carboxylic acid groups (broad SMARTS) is 1. The highest BCUT2D eigenvalue weighted by Crippen LogP contribution is 2.38. The summed E-state index contributed by atoms with van der Waals surface area (Å²) in [5.41, 5.74) is 0.259. The van der Waals surface area contributed by atoms with Gasteiger partial charge >= 0.3 is 5.97 Å². The fraction of sp³-hybridized carbons (Fsp3) is 0.350. The molecule has 31 heavy (non-hydrogen) atoms. The second kappa shape index (κ2) is 9.92. The van der Waals surface area contributed by atoms with E-state index in [0.717, 1.165) is 17.8 Å². The van der Waals surface area contributed by atoms with Crippen LogP contribution in [-0.4, -0.2) is 58.0 Å². The number of nitrogens with zero attached hydrogens (tertiary/aromatic N) is 4. The maximum absolute atomic E-state index is 13.0. The molecule has 9 nitrogen and oxygen atoms in total. The maximum Gasteiger partial charge on any atom is 0.340 e. The smallest absolute Gasteiger partial charge is 0.340 e. The summed E-state index contributed by atoms with van der Waals surface area (Å²) in [7, 11) is 2.80. The Hall–Kier alpha value is -2.92. The van der Waals surface area contributed by atoms with Gasteiger partial charge in [-0.3, -0.25) is 9.69 Å². The quantitative estimate of drug-likeness (QED) is 0.589. The average molecular weight is 463 g/mol. The Labute approximate surface area is 187 Å². The van der Waals surface area contributed by atoms with Gasteiger partial charge in [0.05, 0.1) is 19.1 Å². The fourth-order valence-electron chi connectivity index (χ4n) is 2.95. The first-order valence-electron chi connectivity index (χ1n) is 9.54. The van der Waals surface area contributed by atoms with E-state index < -0.39 is 5.97 Å². The van der Waals surface area contributed by atoms with Crippen LogP contribution in [0.4, 0.5) is 5.13 Å². The zero-order valence-corrected chi connectivity index (χ0v) is 19.2. The first-order valence-corrected chi connectivity index (χ1v) is 11.2. The molecule has 0 bridgehead atoms. The van der Waals surface area contributed by atoms with Gasteiger partial charge in [-0.2, -0.15) is 4.99 Å². The van der Waals surface area contributed by atoms with Gasteiger partial charge in [0.15, 0.2) is 16.7 Å². The number of thioether (sulfide) groups is 1. The summed E-state index contributed by atoms with van der Waals surface area (Å²) >= 11 is 2.55. The predicted octanol–water partition coefficient (Wildman–Crippen LogP) is 3.83. The van der Waals surface area contributed by atoms with Crippen LogP contribution in [-0.2, 0) is 11.2 Å². The number of carbonyl (C=O) groups is 2. The summed E-state index contributed by atoms with van der Waals surface area (Å²) in [5, 5.41) is 19.7. The molecule has 3 rings (SSSR count). The Kier molecular flexibility index (Phi) is 7.29. The minimum absolute atomic E-state index is 0.0770. The molecule has 1 fully saturated rings. The zero-order chi connectivity index (χ0) is 22.5. The van der Waals surface area contributed by atoms with Gasteiger partial charge in [-0.05, 0) is 42.3 Å². The monoisotopic (exact) mass is 462 g/mol. The van der Waals surface area contributed by atoms with E-state index in [9.17, 15) is 14.7 Å². The number of aryl methyl sites for hydroxylation is 1. The van der Waals surface area contributed by atoms with Crippen molar-refractivity contribution in [2.45, 2.75) is 26.7 Å². The summed E-state index contributed by atoms with van der Waals surface area (Å²) in [5.74, 6) is -1.03. The first kappa shape index (κ1) is 22.8. The van der Waals surface area contributed by atoms with Crippen LogP contribution in [0, 0.1) is 0 Å². The van der Waals surface area contributed by atoms with Crippen molar-refractivity contribution in [3.8, 4) is 11.5 Å². The molecule has 2 heterocycles. The van der Waals surface area contributed by atoms with Crippen molar-refractivity contribution in [2.75, 3.05) is 20.8 Å². The SMILES string of the molecule is CCCN1C(=O)/C(=C\c2ccc(OC)c(OC)c2C(=O)O)S/C1=N/c1nnc(CC)s1. The Morgan fingerprint density at radius 3 is 2.61 bits per heavy atom. The minimum Gasteiger partial charge on any atom is -0.493 e. The molecule has 0 atom stereocenters. The van der Waals surface area contributed by atoms with Crippen molar-refractivity contribution in [3.05, 3.63) is 33.2 Å². The van der Waals surface area contributed by atoms with E-state index in [0.29, 0.717) is 33.1 Å². The van der Waals surface area contributed by atoms with Crippen molar-refractivity contribution in [3.63, 3.8) is 0 Å². The Morgan fingerprint density at radius 2 is 2.03 bits per heavy atom. The number of rotatable bonds is 8. The largest absolute Gasteiger partial charge is 0.493 e. The molecular weight excluding hydrogens is 440 g/mol. The standard InChI is InChI=1S/C20H22N4O5S2/c1-5-9-24-17(25)13(30-20(24)21-19-23-22-14(6-2)31-19)10-11-7-8-12(28-3)16(29-4)15(11)18(26)27/h7-8,10H,5-6,9H2,1-4H3,(H,26,27)/b13-10+,21-20+. The van der Waals surface area contributed by atoms with E-state index in [4.69, 9.17) is 9.47 Å². The molecule has 1 aliphatic heterocycles. The summed E-state index contributed by atoms with van der Waals surface area (Å²) in [4.78, 5) is 31.4. The zero-order valence-electron chi connectivity index (χ0n) is 17.5. The van der Waals surface area contributed by atoms with Crippen molar-refractivity contribution in [2.24, 2.45) is 4.99 Å². The van der Waals surface area contributed by atoms with Crippen LogP contribution in [0.25, 0.3) is 6.08 Å². The number of amidine groups is 1. The van der Waals surface area contributed by atoms with Gasteiger partial charge in [-0.15, -0.1) is 10.2 Å². The van der Waals surface area contributed by atoms with Crippen LogP contribution >= 0.6 is 23.1 Å². The number of aromatic nitrogens is 2. The number of aliphatic imine (C=N–C) groups is 1. The normalized spacial score (nSPS) is 16.4. The number of carbonyl (C=O) groups excluding carboxylic acids is 1. The van der Waals surface area contributed by atoms with Gasteiger partial charge in [0, 0.05) is 6.54 Å². The highest BCUT2D eigenvalue weighted by molar-refractivity contribution is 8.18. The summed E-state index contributed by atoms with van der Waals surface area (Å²) < 4.78 is 10.5. The molecule has 1 aromatic heterocycles. The fourth-order valence-corrected chi connectivity index (χ4v) is 4.66. The van der Waals surface area contributed by atoms with Crippen molar-refractivity contribution in [1.29, 1.82) is 0 Å². The second-order valence-corrected chi connectivity index (χ2v) is 8.41. The number of hydrogen-bond acceptors (Lipinski definition) is 9. The van der Waals surface area contributed by atoms with Crippen LogP contribution in [0.3, 0.4) is 0 Å². The Bertz CT molecular complexity index is 1060. The Balaban J connectivity index is 2.05. The highest BCUT2D eigenvalue weighted by Gasteiger charge is 2.34. The molecule has 0 aliphatic carbocycles. The third-order valence-electron chi connectivity index (χ3n) is 4.36. The van der Waals surface area contributed by atoms with Gasteiger partial charge in [0.1, 0.15) is 10.6 Å². The van der Waals surface area contributed by atoms with Crippen molar-refractivity contribution < 1.29 is 24.2 Å². The second-order valence-electron chi connectivity index (χ2n) is 6.36. The van der Waals surface area contributed by atoms with Crippen LogP contribution < -0.4 is 9.47 Å². The van der Waals surface area contributed by atoms with Crippen LogP contribution in [0.5, 0.6) is 11.5 Å². The molecule has 0 radical (unpaired) electrons. The number of benzene rings is 1. The number of carboxylic acids is 1. The van der Waals surface area contributed by atoms with Crippen LogP contribution in [0.15, 0.2) is 22.0 Å². The molecule has 1 saturated heterocycles. The Morgan fingerprint density at radius 1 is 1.26 bits per heavy atom. The van der Waals surface area contributed by atoms with Crippen LogP contribution in [0.1, 0.15) is 41.2 Å². The molecule has 2 aromatic rings. The topological polar surface area (TPSA) is 114 Å². The van der Waals surface area contributed by atoms with E-state index in [-0.39, 0.29) is 17.2 Å². The molecule has 164 valence electrons. The molecule has 1 aromatic carbocycles. The lowest BCUT2D eigenvalue weighted by Gasteiger charge is -2.13. The third kappa shape index (κ3) is 4.72. The summed E-state index contributed by atoms with van der Waals surface area (Å²) in [6, 6.07) is 3.19. The van der Waals surface area contributed by atoms with Gasteiger partial charge in [0.25, 0.3) is 5.91 Å². The summed E-state index contributed by atoms with van der Waals surface area (Å²) in [6.45, 7) is 4.44. The van der Waals surface area contributed by atoms with Gasteiger partial charge in [-0.1, -0.05) is 31.3 Å². The number of aromatic carboxylic acids is 1. The first-order chi connectivity index (χ1) is 14.9. The molecule has 0 unspecified atom stereocenters. The van der Waals surface area contributed by atoms with Gasteiger partial charge in [0.2, 0.25) is 5.13 Å². The maximum atomic E-state index is 13.0. The number of amides is 1. The minimum atomic E-state index is -1.18. The molecule has 1 N–H and O–H groups in total. The van der Waals surface area contributed by atoms with Crippen molar-refractivity contribution in [1.82, 2.24) is 15.1 Å². The number of hydrogen-bond donors (Lipinski definition) is 1. The lowest BCUT2D eigenvalue weighted by atomic mass is 10.0. The van der Waals surface area contributed by atoms with E-state index in [2.05, 4.69) is 15.2 Å². The lowest BCUT2D eigenvalue weighted by molar-refractivity contribution is -0.122. The van der Waals surface area contributed by atoms with Crippen LogP contribution in [0.2, 0.25) is 0 Å². The highest BCUT2D eigenvalue weighted by atomic mass is 32.2. The van der Waals surface area contributed by atoms with E-state index in [1.807, 2.05) is 13.8 Å². The molecular formula is C20H22N4O5S2. The molecule has 1 aliphatic rings. The van der Waals surface area contributed by atoms with Gasteiger partial charge < -0.3 is 14.6 Å². The predicted molar refractivity (Wildman–Crippen MR) is 120 cm³/mol. The number of ether oxygens (including phenoxy) is 2. The summed E-state index contributed by atoms with van der Waals surface area (Å²) in [6.07, 6.45) is 3.04.